The van der Waals surface area contributed by atoms with Gasteiger partial charge in [0.05, 0.1) is 24.0 Å². The van der Waals surface area contributed by atoms with Crippen LogP contribution in [0.4, 0.5) is 11.4 Å². The fourth-order valence-electron chi connectivity index (χ4n) is 2.79. The lowest BCUT2D eigenvalue weighted by molar-refractivity contribution is 0.415. The van der Waals surface area contributed by atoms with Crippen molar-refractivity contribution < 1.29 is 4.74 Å². The van der Waals surface area contributed by atoms with Gasteiger partial charge in [0, 0.05) is 28.1 Å². The van der Waals surface area contributed by atoms with Crippen molar-refractivity contribution in [2.45, 2.75) is 11.5 Å². The van der Waals surface area contributed by atoms with Crippen LogP contribution in [0.25, 0.3) is 10.9 Å². The number of pyridine rings is 1. The van der Waals surface area contributed by atoms with Crippen molar-refractivity contribution in [3.8, 4) is 5.75 Å². The zero-order valence-electron chi connectivity index (χ0n) is 12.3. The molecule has 1 aliphatic rings. The summed E-state index contributed by atoms with van der Waals surface area (Å²) in [6, 6.07) is 16.4. The largest absolute Gasteiger partial charge is 0.497 e. The van der Waals surface area contributed by atoms with E-state index in [0.29, 0.717) is 0 Å². The highest BCUT2D eigenvalue weighted by atomic mass is 32.2. The first-order valence-corrected chi connectivity index (χ1v) is 8.40. The Labute approximate surface area is 133 Å². The first-order chi connectivity index (χ1) is 10.8. The van der Waals surface area contributed by atoms with Crippen molar-refractivity contribution in [1.29, 1.82) is 0 Å². The van der Waals surface area contributed by atoms with Gasteiger partial charge >= 0.3 is 0 Å². The lowest BCUT2D eigenvalue weighted by atomic mass is 10.1. The van der Waals surface area contributed by atoms with E-state index in [4.69, 9.17) is 9.72 Å². The normalized spacial score (nSPS) is 13.1. The van der Waals surface area contributed by atoms with Gasteiger partial charge in [0.15, 0.2) is 0 Å². The number of hydrogen-bond donors (Lipinski definition) is 1. The minimum absolute atomic E-state index is 0.867. The second kappa shape index (κ2) is 5.54. The lowest BCUT2D eigenvalue weighted by Gasteiger charge is -2.14. The molecule has 1 N–H and O–H groups in total. The SMILES string of the molecule is COc1ccc(Nc2c3c(nc4ccccc24)CSC3)cc1. The van der Waals surface area contributed by atoms with Crippen LogP contribution < -0.4 is 10.1 Å². The molecule has 110 valence electrons. The summed E-state index contributed by atoms with van der Waals surface area (Å²) < 4.78 is 5.22. The Morgan fingerprint density at radius 3 is 2.68 bits per heavy atom. The van der Waals surface area contributed by atoms with Gasteiger partial charge in [-0.3, -0.25) is 4.98 Å². The van der Waals surface area contributed by atoms with Gasteiger partial charge in [-0.2, -0.15) is 11.8 Å². The second-order valence-corrected chi connectivity index (χ2v) is 6.26. The van der Waals surface area contributed by atoms with E-state index >= 15 is 0 Å². The average molecular weight is 308 g/mol. The van der Waals surface area contributed by atoms with Crippen molar-refractivity contribution in [1.82, 2.24) is 4.98 Å². The van der Waals surface area contributed by atoms with Crippen LogP contribution in [0.5, 0.6) is 5.75 Å². The van der Waals surface area contributed by atoms with E-state index in [1.54, 1.807) is 7.11 Å². The van der Waals surface area contributed by atoms with Gasteiger partial charge in [-0.1, -0.05) is 18.2 Å². The molecule has 1 aliphatic heterocycles. The smallest absolute Gasteiger partial charge is 0.119 e. The van der Waals surface area contributed by atoms with Crippen molar-refractivity contribution in [3.05, 3.63) is 59.8 Å². The Morgan fingerprint density at radius 1 is 1.05 bits per heavy atom. The molecular formula is C18H16N2OS. The minimum Gasteiger partial charge on any atom is -0.497 e. The maximum Gasteiger partial charge on any atom is 0.119 e. The van der Waals surface area contributed by atoms with E-state index in [2.05, 4.69) is 23.5 Å². The van der Waals surface area contributed by atoms with Gasteiger partial charge in [-0.05, 0) is 30.3 Å². The molecule has 1 aromatic heterocycles. The lowest BCUT2D eigenvalue weighted by Crippen LogP contribution is -1.99. The number of benzene rings is 2. The summed E-state index contributed by atoms with van der Waals surface area (Å²) in [6.07, 6.45) is 0. The van der Waals surface area contributed by atoms with Crippen LogP contribution in [0.1, 0.15) is 11.3 Å². The number of nitrogens with zero attached hydrogens (tertiary/aromatic N) is 1. The monoisotopic (exact) mass is 308 g/mol. The summed E-state index contributed by atoms with van der Waals surface area (Å²) in [5.41, 5.74) is 5.85. The number of nitrogens with one attached hydrogen (secondary N) is 1. The fourth-order valence-corrected chi connectivity index (χ4v) is 3.84. The van der Waals surface area contributed by atoms with Crippen LogP contribution in [0.15, 0.2) is 48.5 Å². The molecule has 2 aromatic carbocycles. The molecule has 22 heavy (non-hydrogen) atoms. The molecule has 0 unspecified atom stereocenters. The Kier molecular flexibility index (Phi) is 3.39. The van der Waals surface area contributed by atoms with Crippen LogP contribution >= 0.6 is 11.8 Å². The van der Waals surface area contributed by atoms with Gasteiger partial charge < -0.3 is 10.1 Å². The van der Waals surface area contributed by atoms with Crippen LogP contribution in [-0.4, -0.2) is 12.1 Å². The molecule has 0 atom stereocenters. The first kappa shape index (κ1) is 13.5. The number of para-hydroxylation sites is 1. The predicted octanol–water partition coefficient (Wildman–Crippen LogP) is 4.73. The number of fused-ring (bicyclic) bond motifs is 2. The molecule has 0 saturated heterocycles. The Balaban J connectivity index is 1.82. The molecule has 0 saturated carbocycles. The third-order valence-electron chi connectivity index (χ3n) is 3.92. The van der Waals surface area contributed by atoms with Crippen LogP contribution in [0.3, 0.4) is 0 Å². The molecule has 0 radical (unpaired) electrons. The quantitative estimate of drug-likeness (QED) is 0.758. The summed E-state index contributed by atoms with van der Waals surface area (Å²) >= 11 is 1.92. The third kappa shape index (κ3) is 2.29. The van der Waals surface area contributed by atoms with E-state index in [9.17, 15) is 0 Å². The maximum absolute atomic E-state index is 5.22. The Morgan fingerprint density at radius 2 is 1.86 bits per heavy atom. The van der Waals surface area contributed by atoms with Gasteiger partial charge in [0.2, 0.25) is 0 Å². The molecule has 0 bridgehead atoms. The Bertz CT molecular complexity index is 830. The van der Waals surface area contributed by atoms with Crippen molar-refractivity contribution >= 4 is 34.0 Å². The molecule has 0 amide bonds. The molecule has 2 heterocycles. The number of thioether (sulfide) groups is 1. The van der Waals surface area contributed by atoms with Gasteiger partial charge in [-0.15, -0.1) is 0 Å². The van der Waals surface area contributed by atoms with E-state index in [1.165, 1.54) is 22.3 Å². The average Bonchev–Trinajstić information content (AvgIpc) is 3.03. The molecule has 4 rings (SSSR count). The van der Waals surface area contributed by atoms with Gasteiger partial charge in [0.1, 0.15) is 5.75 Å². The minimum atomic E-state index is 0.867. The fraction of sp³-hybridized carbons (Fsp3) is 0.167. The molecule has 3 nitrogen and oxygen atoms in total. The zero-order chi connectivity index (χ0) is 14.9. The number of hydrogen-bond acceptors (Lipinski definition) is 4. The topological polar surface area (TPSA) is 34.1 Å². The van der Waals surface area contributed by atoms with Crippen LogP contribution in [0, 0.1) is 0 Å². The molecule has 0 spiro atoms. The number of aromatic nitrogens is 1. The Hall–Kier alpha value is -2.20. The summed E-state index contributed by atoms with van der Waals surface area (Å²) in [7, 11) is 1.68. The zero-order valence-corrected chi connectivity index (χ0v) is 13.1. The van der Waals surface area contributed by atoms with E-state index in [1.807, 2.05) is 42.1 Å². The highest BCUT2D eigenvalue weighted by Crippen LogP contribution is 2.39. The summed E-state index contributed by atoms with van der Waals surface area (Å²) in [5, 5.41) is 4.77. The molecule has 4 heteroatoms. The summed E-state index contributed by atoms with van der Waals surface area (Å²) in [5.74, 6) is 2.88. The summed E-state index contributed by atoms with van der Waals surface area (Å²) in [4.78, 5) is 4.80. The number of ether oxygens (including phenoxy) is 1. The molecule has 0 aliphatic carbocycles. The van der Waals surface area contributed by atoms with Crippen molar-refractivity contribution in [3.63, 3.8) is 0 Å². The van der Waals surface area contributed by atoms with E-state index in [-0.39, 0.29) is 0 Å². The molecule has 0 fully saturated rings. The third-order valence-corrected chi connectivity index (χ3v) is 4.89. The molecule has 3 aromatic rings. The number of rotatable bonds is 3. The standard InChI is InChI=1S/C18H16N2OS/c1-21-13-8-6-12(7-9-13)19-18-14-4-2-3-5-16(14)20-17-11-22-10-15(17)18/h2-9H,10-11H2,1H3,(H,19,20). The maximum atomic E-state index is 5.22. The van der Waals surface area contributed by atoms with Crippen LogP contribution in [-0.2, 0) is 11.5 Å². The van der Waals surface area contributed by atoms with Gasteiger partial charge in [-0.25, -0.2) is 0 Å². The first-order valence-electron chi connectivity index (χ1n) is 7.24. The predicted molar refractivity (Wildman–Crippen MR) is 93.0 cm³/mol. The highest BCUT2D eigenvalue weighted by Gasteiger charge is 2.19. The van der Waals surface area contributed by atoms with Crippen molar-refractivity contribution in [2.75, 3.05) is 12.4 Å². The summed E-state index contributed by atoms with van der Waals surface area (Å²) in [6.45, 7) is 0. The second-order valence-electron chi connectivity index (χ2n) is 5.28. The highest BCUT2D eigenvalue weighted by molar-refractivity contribution is 7.98. The van der Waals surface area contributed by atoms with Crippen molar-refractivity contribution in [2.24, 2.45) is 0 Å². The number of anilines is 2. The van der Waals surface area contributed by atoms with E-state index < -0.39 is 0 Å². The molecular weight excluding hydrogens is 292 g/mol. The number of methoxy groups -OCH3 is 1. The van der Waals surface area contributed by atoms with Crippen LogP contribution in [0.2, 0.25) is 0 Å². The van der Waals surface area contributed by atoms with Gasteiger partial charge in [0.25, 0.3) is 0 Å². The van der Waals surface area contributed by atoms with E-state index in [0.717, 1.165) is 28.5 Å².